The molecule has 5 aliphatic rings. The van der Waals surface area contributed by atoms with Gasteiger partial charge in [0, 0.05) is 5.41 Å². The van der Waals surface area contributed by atoms with E-state index in [4.69, 9.17) is 37.2 Å². The summed E-state index contributed by atoms with van der Waals surface area (Å²) in [4.78, 5) is 0. The molecule has 0 aromatic heterocycles. The van der Waals surface area contributed by atoms with Gasteiger partial charge in [0.15, 0.2) is 0 Å². The fourth-order valence-electron chi connectivity index (χ4n) is 10.2. The summed E-state index contributed by atoms with van der Waals surface area (Å²) in [7, 11) is -1.71. The quantitative estimate of drug-likeness (QED) is 0.164. The molecule has 65 heavy (non-hydrogen) atoms. The van der Waals surface area contributed by atoms with Crippen LogP contribution in [0, 0.1) is 11.8 Å². The summed E-state index contributed by atoms with van der Waals surface area (Å²) in [5, 5.41) is 0. The first-order valence-corrected chi connectivity index (χ1v) is 25.6. The molecule has 0 saturated carbocycles. The molecular formula is C53H88B4O8. The smallest absolute Gasteiger partial charge is 0.405 e. The Morgan fingerprint density at radius 2 is 0.677 bits per heavy atom. The summed E-state index contributed by atoms with van der Waals surface area (Å²) in [6, 6.07) is 14.2. The predicted octanol–water partition coefficient (Wildman–Crippen LogP) is 12.0. The molecule has 4 fully saturated rings. The molecule has 0 radical (unpaired) electrons. The standard InChI is InChI=1S/C41H64B2O4.C12H24B2O4/c1-13-17-19-29(15-3)27-41(28-30(16-4)20-18-14-2)35-25-31(42-44-37(5,6)38(7,8)45-42)21-23-33(35)34-24-22-32(26-36(34)41)43-46-39(9,10)40(11,12)47-43;1-9(2)10(3,4)16-13(15-9)14-17-11(5,6)12(7,8)18-14/h21-26,29-30H,13-20,27-28H2,1-12H3;1-8H3. The van der Waals surface area contributed by atoms with Gasteiger partial charge in [-0.2, -0.15) is 0 Å². The molecule has 2 unspecified atom stereocenters. The molecule has 2 atom stereocenters. The molecule has 0 bridgehead atoms. The van der Waals surface area contributed by atoms with Gasteiger partial charge < -0.3 is 37.2 Å². The molecule has 0 spiro atoms. The number of benzene rings is 2. The molecule has 0 amide bonds. The zero-order chi connectivity index (χ0) is 48.4. The van der Waals surface area contributed by atoms with Gasteiger partial charge in [0.25, 0.3) is 0 Å². The van der Waals surface area contributed by atoms with Crippen LogP contribution in [0.15, 0.2) is 36.4 Å². The lowest BCUT2D eigenvalue weighted by Gasteiger charge is -2.39. The molecule has 2 aromatic rings. The van der Waals surface area contributed by atoms with Crippen molar-refractivity contribution in [2.75, 3.05) is 0 Å². The number of hydrogen-bond acceptors (Lipinski definition) is 8. The average Bonchev–Trinajstić information content (AvgIpc) is 3.85. The highest BCUT2D eigenvalue weighted by molar-refractivity contribution is 7.11. The first kappa shape index (κ1) is 52.7. The van der Waals surface area contributed by atoms with Crippen molar-refractivity contribution < 1.29 is 37.2 Å². The lowest BCUT2D eigenvalue weighted by Crippen LogP contribution is -2.41. The van der Waals surface area contributed by atoms with Crippen molar-refractivity contribution in [2.45, 2.75) is 253 Å². The third kappa shape index (κ3) is 10.1. The minimum absolute atomic E-state index is 0.104. The molecule has 4 aliphatic heterocycles. The normalized spacial score (nSPS) is 25.3. The molecule has 4 saturated heterocycles. The van der Waals surface area contributed by atoms with Gasteiger partial charge in [-0.3, -0.25) is 0 Å². The minimum Gasteiger partial charge on any atom is -0.405 e. The van der Waals surface area contributed by atoms with Crippen molar-refractivity contribution in [1.82, 2.24) is 0 Å². The molecule has 1 aliphatic carbocycles. The monoisotopic (exact) mass is 897 g/mol. The molecule has 360 valence electrons. The Kier molecular flexibility index (Phi) is 15.1. The van der Waals surface area contributed by atoms with Crippen LogP contribution in [0.4, 0.5) is 0 Å². The highest BCUT2D eigenvalue weighted by atomic mass is 16.7. The maximum Gasteiger partial charge on any atom is 0.494 e. The van der Waals surface area contributed by atoms with Crippen LogP contribution in [-0.4, -0.2) is 73.1 Å². The second kappa shape index (κ2) is 18.6. The Hall–Kier alpha value is -1.62. The van der Waals surface area contributed by atoms with Crippen molar-refractivity contribution in [1.29, 1.82) is 0 Å². The lowest BCUT2D eigenvalue weighted by molar-refractivity contribution is 0.00578. The second-order valence-corrected chi connectivity index (χ2v) is 24.4. The second-order valence-electron chi connectivity index (χ2n) is 24.4. The predicted molar refractivity (Wildman–Crippen MR) is 272 cm³/mol. The summed E-state index contributed by atoms with van der Waals surface area (Å²) in [6.45, 7) is 42.9. The van der Waals surface area contributed by atoms with Crippen LogP contribution in [0.1, 0.15) is 214 Å². The van der Waals surface area contributed by atoms with Gasteiger partial charge in [0.05, 0.1) is 44.8 Å². The Balaban J connectivity index is 0.000000324. The topological polar surface area (TPSA) is 73.8 Å². The fourth-order valence-corrected chi connectivity index (χ4v) is 10.2. The van der Waals surface area contributed by atoms with E-state index < -0.39 is 14.0 Å². The van der Waals surface area contributed by atoms with Crippen molar-refractivity contribution in [3.05, 3.63) is 47.5 Å². The van der Waals surface area contributed by atoms with Crippen molar-refractivity contribution in [3.8, 4) is 11.1 Å². The zero-order valence-electron chi connectivity index (χ0n) is 44.8. The van der Waals surface area contributed by atoms with Gasteiger partial charge in [0.2, 0.25) is 0 Å². The van der Waals surface area contributed by atoms with Crippen LogP contribution in [0.2, 0.25) is 0 Å². The summed E-state index contributed by atoms with van der Waals surface area (Å²) < 4.78 is 50.4. The summed E-state index contributed by atoms with van der Waals surface area (Å²) in [5.74, 6) is 1.30. The lowest BCUT2D eigenvalue weighted by atomic mass is 9.49. The Labute approximate surface area is 398 Å². The van der Waals surface area contributed by atoms with Gasteiger partial charge in [-0.1, -0.05) is 115 Å². The SMILES string of the molecule is CC1(C)OB(B2OC(C)(C)C(C)(C)O2)OC1(C)C.CCCCC(CC)CC1(CC(CC)CCCC)c2cc(B3OC(C)(C)C(C)(C)O3)ccc2-c2ccc(B3OC(C)(C)C(C)(C)O3)cc21. The zero-order valence-corrected chi connectivity index (χ0v) is 44.8. The first-order valence-electron chi connectivity index (χ1n) is 25.6. The van der Waals surface area contributed by atoms with E-state index in [1.165, 1.54) is 73.6 Å². The van der Waals surface area contributed by atoms with E-state index in [-0.39, 0.29) is 64.5 Å². The van der Waals surface area contributed by atoms with Gasteiger partial charge in [-0.05, 0) is 169 Å². The molecule has 4 heterocycles. The summed E-state index contributed by atoms with van der Waals surface area (Å²) in [6.07, 6.45) is 12.3. The highest BCUT2D eigenvalue weighted by Crippen LogP contribution is 2.56. The molecule has 12 heteroatoms. The molecular weight excluding hydrogens is 808 g/mol. The maximum absolute atomic E-state index is 6.64. The van der Waals surface area contributed by atoms with Crippen LogP contribution < -0.4 is 10.9 Å². The average molecular weight is 897 g/mol. The largest absolute Gasteiger partial charge is 0.494 e. The molecule has 7 rings (SSSR count). The van der Waals surface area contributed by atoms with E-state index in [1.807, 2.05) is 55.4 Å². The highest BCUT2D eigenvalue weighted by Gasteiger charge is 2.64. The van der Waals surface area contributed by atoms with E-state index in [2.05, 4.69) is 119 Å². The molecule has 0 N–H and O–H groups in total. The van der Waals surface area contributed by atoms with Gasteiger partial charge >= 0.3 is 28.3 Å². The number of unbranched alkanes of at least 4 members (excludes halogenated alkanes) is 2. The fraction of sp³-hybridized carbons (Fsp3) is 0.774. The molecule has 2 aromatic carbocycles. The van der Waals surface area contributed by atoms with E-state index >= 15 is 0 Å². The van der Waals surface area contributed by atoms with Crippen LogP contribution in [0.3, 0.4) is 0 Å². The van der Waals surface area contributed by atoms with E-state index in [1.54, 1.807) is 0 Å². The van der Waals surface area contributed by atoms with E-state index in [9.17, 15) is 0 Å². The third-order valence-corrected chi connectivity index (χ3v) is 17.6. The number of rotatable bonds is 15. The Morgan fingerprint density at radius 1 is 0.400 bits per heavy atom. The summed E-state index contributed by atoms with van der Waals surface area (Å²) >= 11 is 0. The Bertz CT molecular complexity index is 1770. The number of hydrogen-bond donors (Lipinski definition) is 0. The van der Waals surface area contributed by atoms with Crippen LogP contribution in [0.5, 0.6) is 0 Å². The minimum atomic E-state index is -0.476. The van der Waals surface area contributed by atoms with Crippen molar-refractivity contribution in [3.63, 3.8) is 0 Å². The van der Waals surface area contributed by atoms with Crippen molar-refractivity contribution >= 4 is 39.2 Å². The summed E-state index contributed by atoms with van der Waals surface area (Å²) in [5.41, 5.74) is 4.88. The maximum atomic E-state index is 6.64. The first-order chi connectivity index (χ1) is 29.9. The third-order valence-electron chi connectivity index (χ3n) is 17.6. The van der Waals surface area contributed by atoms with Crippen LogP contribution in [0.25, 0.3) is 11.1 Å². The van der Waals surface area contributed by atoms with Crippen molar-refractivity contribution in [2.24, 2.45) is 11.8 Å². The van der Waals surface area contributed by atoms with Crippen LogP contribution in [-0.2, 0) is 42.6 Å². The van der Waals surface area contributed by atoms with E-state index in [0.717, 1.165) is 23.8 Å². The van der Waals surface area contributed by atoms with Gasteiger partial charge in [0.1, 0.15) is 0 Å². The molecule has 8 nitrogen and oxygen atoms in total. The van der Waals surface area contributed by atoms with E-state index in [0.29, 0.717) is 11.8 Å². The van der Waals surface area contributed by atoms with Crippen LogP contribution >= 0.6 is 0 Å². The Morgan fingerprint density at radius 3 is 0.938 bits per heavy atom. The van der Waals surface area contributed by atoms with Gasteiger partial charge in [-0.25, -0.2) is 0 Å². The number of fused-ring (bicyclic) bond motifs is 3. The van der Waals surface area contributed by atoms with Gasteiger partial charge in [-0.15, -0.1) is 0 Å².